The van der Waals surface area contributed by atoms with Gasteiger partial charge < -0.3 is 20.5 Å². The quantitative estimate of drug-likeness (QED) is 0.735. The fourth-order valence-corrected chi connectivity index (χ4v) is 3.06. The molecule has 0 bridgehead atoms. The topological polar surface area (TPSA) is 92.9 Å². The monoisotopic (exact) mass is 308 g/mol. The van der Waals surface area contributed by atoms with Crippen LogP contribution in [-0.4, -0.2) is 54.2 Å². The number of nitrogens with two attached hydrogens (primary N) is 1. The van der Waals surface area contributed by atoms with Crippen molar-refractivity contribution in [1.82, 2.24) is 4.90 Å². The molecule has 3 N–H and O–H groups in total. The van der Waals surface area contributed by atoms with Gasteiger partial charge in [0.05, 0.1) is 23.0 Å². The molecule has 2 rings (SSSR count). The maximum absolute atomic E-state index is 12.5. The number of aryl methyl sites for hydroxylation is 1. The summed E-state index contributed by atoms with van der Waals surface area (Å²) in [5, 5.41) is 8.72. The highest BCUT2D eigenvalue weighted by molar-refractivity contribution is 7.14. The van der Waals surface area contributed by atoms with E-state index in [1.165, 1.54) is 16.2 Å². The summed E-state index contributed by atoms with van der Waals surface area (Å²) in [6, 6.07) is 1.00. The van der Waals surface area contributed by atoms with E-state index in [-0.39, 0.29) is 19.1 Å². The fourth-order valence-electron chi connectivity index (χ4n) is 2.06. The van der Waals surface area contributed by atoms with Gasteiger partial charge in [-0.15, -0.1) is 11.3 Å². The van der Waals surface area contributed by atoms with E-state index in [4.69, 9.17) is 15.6 Å². The van der Waals surface area contributed by atoms with Crippen LogP contribution < -0.4 is 5.73 Å². The summed E-state index contributed by atoms with van der Waals surface area (Å²) in [5.74, 6) is 4.55. The minimum Gasteiger partial charge on any atom is -0.384 e. The summed E-state index contributed by atoms with van der Waals surface area (Å²) in [6.45, 7) is 2.47. The van der Waals surface area contributed by atoms with Crippen molar-refractivity contribution >= 4 is 23.2 Å². The molecule has 0 saturated carbocycles. The van der Waals surface area contributed by atoms with Crippen LogP contribution in [0.3, 0.4) is 0 Å². The molecular weight excluding hydrogens is 292 g/mol. The number of carbonyl (C=O) groups is 2. The van der Waals surface area contributed by atoms with Gasteiger partial charge in [-0.25, -0.2) is 0 Å². The number of aliphatic hydroxyl groups is 1. The zero-order valence-corrected chi connectivity index (χ0v) is 12.4. The van der Waals surface area contributed by atoms with Gasteiger partial charge in [0.25, 0.3) is 5.91 Å². The van der Waals surface area contributed by atoms with E-state index in [9.17, 15) is 9.59 Å². The highest BCUT2D eigenvalue weighted by atomic mass is 32.1. The van der Waals surface area contributed by atoms with Crippen molar-refractivity contribution in [3.8, 4) is 11.8 Å². The molecule has 1 fully saturated rings. The van der Waals surface area contributed by atoms with Gasteiger partial charge in [-0.3, -0.25) is 9.59 Å². The Balaban J connectivity index is 2.24. The predicted molar refractivity (Wildman–Crippen MR) is 77.9 cm³/mol. The first-order valence-corrected chi connectivity index (χ1v) is 7.24. The molecule has 1 saturated heterocycles. The minimum absolute atomic E-state index is 0.128. The van der Waals surface area contributed by atoms with Crippen molar-refractivity contribution in [3.63, 3.8) is 0 Å². The summed E-state index contributed by atoms with van der Waals surface area (Å²) in [4.78, 5) is 26.6. The molecule has 1 aromatic rings. The van der Waals surface area contributed by atoms with Gasteiger partial charge >= 0.3 is 0 Å². The molecule has 2 heterocycles. The number of primary amides is 1. The molecule has 0 aliphatic carbocycles. The smallest absolute Gasteiger partial charge is 0.264 e. The Morgan fingerprint density at radius 3 is 3.05 bits per heavy atom. The van der Waals surface area contributed by atoms with Crippen LogP contribution in [0.4, 0.5) is 0 Å². The number of nitrogens with zero attached hydrogens (tertiary/aromatic N) is 1. The largest absolute Gasteiger partial charge is 0.384 e. The Labute approximate surface area is 126 Å². The Morgan fingerprint density at radius 2 is 2.38 bits per heavy atom. The first-order valence-electron chi connectivity index (χ1n) is 6.42. The van der Waals surface area contributed by atoms with Gasteiger partial charge in [-0.1, -0.05) is 11.8 Å². The molecule has 6 nitrogen and oxygen atoms in total. The van der Waals surface area contributed by atoms with Crippen LogP contribution in [0.2, 0.25) is 0 Å². The first kappa shape index (κ1) is 15.5. The lowest BCUT2D eigenvalue weighted by Crippen LogP contribution is -2.54. The standard InChI is InChI=1S/C14H16N2O4S/c1-9-7-12(21-11(9)3-2-5-17)14(19)16-4-6-20-8-10(16)13(15)18/h7,10,17H,4-6,8H2,1H3,(H2,15,18). The number of ether oxygens (including phenoxy) is 1. The van der Waals surface area contributed by atoms with Crippen LogP contribution in [0, 0.1) is 18.8 Å². The van der Waals surface area contributed by atoms with Crippen molar-refractivity contribution < 1.29 is 19.4 Å². The zero-order chi connectivity index (χ0) is 15.4. The van der Waals surface area contributed by atoms with Gasteiger partial charge in [0.2, 0.25) is 5.91 Å². The molecule has 21 heavy (non-hydrogen) atoms. The maximum Gasteiger partial charge on any atom is 0.264 e. The SMILES string of the molecule is Cc1cc(C(=O)N2CCOCC2C(N)=O)sc1C#CCO. The van der Waals surface area contributed by atoms with E-state index in [1.54, 1.807) is 6.07 Å². The third-order valence-electron chi connectivity index (χ3n) is 3.13. The second-order valence-electron chi connectivity index (χ2n) is 4.57. The molecule has 1 atom stereocenters. The number of amides is 2. The molecule has 112 valence electrons. The van der Waals surface area contributed by atoms with Crippen molar-refractivity contribution in [1.29, 1.82) is 0 Å². The molecule has 1 aromatic heterocycles. The Kier molecular flexibility index (Phi) is 4.96. The molecule has 0 spiro atoms. The Hall–Kier alpha value is -1.88. The average molecular weight is 308 g/mol. The predicted octanol–water partition coefficient (Wildman–Crippen LogP) is -0.273. The van der Waals surface area contributed by atoms with Gasteiger partial charge in [0, 0.05) is 6.54 Å². The first-order chi connectivity index (χ1) is 10.0. The van der Waals surface area contributed by atoms with Crippen LogP contribution >= 0.6 is 11.3 Å². The Bertz CT molecular complexity index is 614. The van der Waals surface area contributed by atoms with E-state index >= 15 is 0 Å². The third-order valence-corrected chi connectivity index (χ3v) is 4.27. The number of hydrogen-bond acceptors (Lipinski definition) is 5. The molecular formula is C14H16N2O4S. The molecule has 7 heteroatoms. The molecule has 2 amide bonds. The summed E-state index contributed by atoms with van der Waals surface area (Å²) in [7, 11) is 0. The summed E-state index contributed by atoms with van der Waals surface area (Å²) in [6.07, 6.45) is 0. The number of morpholine rings is 1. The van der Waals surface area contributed by atoms with Crippen LogP contribution in [0.1, 0.15) is 20.1 Å². The molecule has 1 aliphatic heterocycles. The molecule has 0 radical (unpaired) electrons. The zero-order valence-electron chi connectivity index (χ0n) is 11.6. The van der Waals surface area contributed by atoms with E-state index in [0.717, 1.165) is 10.4 Å². The van der Waals surface area contributed by atoms with Crippen LogP contribution in [0.5, 0.6) is 0 Å². The number of carbonyl (C=O) groups excluding carboxylic acids is 2. The van der Waals surface area contributed by atoms with Crippen molar-refractivity contribution in [2.75, 3.05) is 26.4 Å². The maximum atomic E-state index is 12.5. The summed E-state index contributed by atoms with van der Waals surface area (Å²) < 4.78 is 5.20. The second-order valence-corrected chi connectivity index (χ2v) is 5.63. The van der Waals surface area contributed by atoms with Gasteiger partial charge in [-0.05, 0) is 18.6 Å². The number of thiophene rings is 1. The number of aliphatic hydroxyl groups excluding tert-OH is 1. The van der Waals surface area contributed by atoms with Gasteiger partial charge in [0.1, 0.15) is 12.6 Å². The van der Waals surface area contributed by atoms with Crippen LogP contribution in [-0.2, 0) is 9.53 Å². The Morgan fingerprint density at radius 1 is 1.62 bits per heavy atom. The lowest BCUT2D eigenvalue weighted by molar-refractivity contribution is -0.127. The normalized spacial score (nSPS) is 18.0. The lowest BCUT2D eigenvalue weighted by Gasteiger charge is -2.33. The number of hydrogen-bond donors (Lipinski definition) is 2. The van der Waals surface area contributed by atoms with Gasteiger partial charge in [0.15, 0.2) is 0 Å². The summed E-state index contributed by atoms with van der Waals surface area (Å²) >= 11 is 1.25. The lowest BCUT2D eigenvalue weighted by atomic mass is 10.2. The highest BCUT2D eigenvalue weighted by Gasteiger charge is 2.32. The van der Waals surface area contributed by atoms with E-state index in [0.29, 0.717) is 18.0 Å². The van der Waals surface area contributed by atoms with Gasteiger partial charge in [-0.2, -0.15) is 0 Å². The minimum atomic E-state index is -0.736. The van der Waals surface area contributed by atoms with Crippen LogP contribution in [0.15, 0.2) is 6.07 Å². The van der Waals surface area contributed by atoms with Crippen molar-refractivity contribution in [2.24, 2.45) is 5.73 Å². The fraction of sp³-hybridized carbons (Fsp3) is 0.429. The molecule has 1 aliphatic rings. The highest BCUT2D eigenvalue weighted by Crippen LogP contribution is 2.24. The third kappa shape index (κ3) is 3.42. The second kappa shape index (κ2) is 6.72. The molecule has 0 aromatic carbocycles. The van der Waals surface area contributed by atoms with Crippen molar-refractivity contribution in [3.05, 3.63) is 21.4 Å². The molecule has 1 unspecified atom stereocenters. The average Bonchev–Trinajstić information content (AvgIpc) is 2.85. The van der Waals surface area contributed by atoms with E-state index in [1.807, 2.05) is 6.92 Å². The number of rotatable bonds is 2. The van der Waals surface area contributed by atoms with Crippen molar-refractivity contribution in [2.45, 2.75) is 13.0 Å². The van der Waals surface area contributed by atoms with Crippen LogP contribution in [0.25, 0.3) is 0 Å². The van der Waals surface area contributed by atoms with E-state index in [2.05, 4.69) is 11.8 Å². The summed E-state index contributed by atoms with van der Waals surface area (Å²) in [5.41, 5.74) is 6.18. The van der Waals surface area contributed by atoms with E-state index < -0.39 is 11.9 Å².